The van der Waals surface area contributed by atoms with Crippen LogP contribution in [-0.2, 0) is 0 Å². The first-order valence-corrected chi connectivity index (χ1v) is 5.61. The van der Waals surface area contributed by atoms with Crippen LogP contribution in [0.25, 0.3) is 0 Å². The smallest absolute Gasteiger partial charge is 0.269 e. The molecule has 0 radical (unpaired) electrons. The second-order valence-corrected chi connectivity index (χ2v) is 5.26. The predicted molar refractivity (Wildman–Crippen MR) is 54.1 cm³/mol. The van der Waals surface area contributed by atoms with Crippen molar-refractivity contribution in [3.8, 4) is 0 Å². The van der Waals surface area contributed by atoms with E-state index >= 15 is 0 Å². The molecule has 0 nitrogen and oxygen atoms in total. The average Bonchev–Trinajstić information content (AvgIpc) is 2.32. The summed E-state index contributed by atoms with van der Waals surface area (Å²) in [4.78, 5) is 0. The summed E-state index contributed by atoms with van der Waals surface area (Å²) in [6.07, 6.45) is -6.30. The third-order valence-corrected chi connectivity index (χ3v) is 3.96. The minimum atomic E-state index is -5.20. The van der Waals surface area contributed by atoms with E-state index in [9.17, 15) is 30.7 Å². The highest BCUT2D eigenvalue weighted by Crippen LogP contribution is 2.66. The van der Waals surface area contributed by atoms with E-state index in [1.54, 1.807) is 0 Å². The summed E-state index contributed by atoms with van der Waals surface area (Å²) in [5.74, 6) is -12.2. The molecule has 0 aliphatic heterocycles. The third-order valence-electron chi connectivity index (χ3n) is 3.96. The van der Waals surface area contributed by atoms with Crippen molar-refractivity contribution < 1.29 is 35.4 Å². The van der Waals surface area contributed by atoms with Crippen LogP contribution in [0.15, 0.2) is 0 Å². The second-order valence-electron chi connectivity index (χ2n) is 5.26. The molecular weight excluding hydrogens is 284 g/mol. The Hall–Kier alpha value is -0.560. The van der Waals surface area contributed by atoms with Crippen LogP contribution >= 0.6 is 0 Å². The molecule has 0 aromatic carbocycles. The first kappa shape index (κ1) is 18.4. The normalized spacial score (nSPS) is 35.1. The van der Waals surface area contributed by atoms with Gasteiger partial charge in [0.25, 0.3) is 11.8 Å². The highest BCUT2D eigenvalue weighted by Gasteiger charge is 2.77. The molecule has 0 spiro atoms. The molecule has 0 aromatic rings. The van der Waals surface area contributed by atoms with Gasteiger partial charge in [0, 0.05) is 0 Å². The molecule has 8 heteroatoms. The fourth-order valence-corrected chi connectivity index (χ4v) is 2.83. The van der Waals surface area contributed by atoms with Crippen LogP contribution in [0.4, 0.5) is 35.4 Å². The molecule has 1 fully saturated rings. The minimum Gasteiger partial charge on any atom is -0.269 e. The van der Waals surface area contributed by atoms with Crippen molar-refractivity contribution in [1.82, 2.24) is 0 Å². The molecule has 0 saturated heterocycles. The van der Waals surface area contributed by atoms with E-state index in [-0.39, 0.29) is 18.0 Å². The maximum atomic E-state index is 13.9. The summed E-state index contributed by atoms with van der Waals surface area (Å²) < 4.78 is 92.6. The standard InChI is InChI=1S/C11H15F7.FH/c1-4-6-5-8(2,11(16,17)18)10(14,15)7(6)9(3,12)13;/h6-7H,4-5H2,1-3H3;1H. The van der Waals surface area contributed by atoms with E-state index < -0.39 is 41.7 Å². The van der Waals surface area contributed by atoms with Crippen LogP contribution in [0.3, 0.4) is 0 Å². The van der Waals surface area contributed by atoms with Crippen LogP contribution in [0.2, 0.25) is 0 Å². The fraction of sp³-hybridized carbons (Fsp3) is 1.00. The molecule has 3 atom stereocenters. The fourth-order valence-electron chi connectivity index (χ4n) is 2.83. The number of hydrogen-bond acceptors (Lipinski definition) is 0. The zero-order chi connectivity index (χ0) is 14.6. The van der Waals surface area contributed by atoms with Crippen molar-refractivity contribution in [2.75, 3.05) is 0 Å². The second kappa shape index (κ2) is 4.77. The van der Waals surface area contributed by atoms with Crippen LogP contribution < -0.4 is 0 Å². The van der Waals surface area contributed by atoms with Crippen molar-refractivity contribution in [3.05, 3.63) is 0 Å². The Morgan fingerprint density at radius 1 is 1.11 bits per heavy atom. The van der Waals surface area contributed by atoms with Gasteiger partial charge in [0.15, 0.2) is 0 Å². The Balaban J connectivity index is 0.00000324. The Labute approximate surface area is 105 Å². The molecular formula is C11H16F8. The van der Waals surface area contributed by atoms with Gasteiger partial charge in [-0.25, -0.2) is 17.6 Å². The average molecular weight is 300 g/mol. The number of halogens is 8. The van der Waals surface area contributed by atoms with E-state index in [4.69, 9.17) is 0 Å². The minimum absolute atomic E-state index is 0. The Bertz CT molecular complexity index is 316. The van der Waals surface area contributed by atoms with E-state index in [0.717, 1.165) is 0 Å². The van der Waals surface area contributed by atoms with Gasteiger partial charge in [0.2, 0.25) is 0 Å². The van der Waals surface area contributed by atoms with Crippen LogP contribution in [0.1, 0.15) is 33.6 Å². The molecule has 0 aromatic heterocycles. The van der Waals surface area contributed by atoms with Crippen molar-refractivity contribution in [1.29, 1.82) is 0 Å². The van der Waals surface area contributed by atoms with Gasteiger partial charge in [-0.05, 0) is 26.2 Å². The number of alkyl halides is 7. The molecule has 116 valence electrons. The molecule has 0 amide bonds. The lowest BCUT2D eigenvalue weighted by molar-refractivity contribution is -0.300. The summed E-state index contributed by atoms with van der Waals surface area (Å²) in [5.41, 5.74) is -3.38. The lowest BCUT2D eigenvalue weighted by Gasteiger charge is -2.37. The summed E-state index contributed by atoms with van der Waals surface area (Å²) in [6.45, 7) is 1.94. The van der Waals surface area contributed by atoms with Crippen LogP contribution in [0, 0.1) is 17.3 Å². The van der Waals surface area contributed by atoms with Gasteiger partial charge in [0.1, 0.15) is 5.41 Å². The van der Waals surface area contributed by atoms with Gasteiger partial charge in [-0.3, -0.25) is 4.70 Å². The molecule has 3 unspecified atom stereocenters. The van der Waals surface area contributed by atoms with E-state index in [1.165, 1.54) is 6.92 Å². The van der Waals surface area contributed by atoms with Crippen molar-refractivity contribution >= 4 is 0 Å². The maximum absolute atomic E-state index is 13.9. The maximum Gasteiger partial charge on any atom is 0.400 e. The van der Waals surface area contributed by atoms with Crippen molar-refractivity contribution in [2.24, 2.45) is 17.3 Å². The molecule has 1 saturated carbocycles. The Morgan fingerprint density at radius 3 is 1.74 bits per heavy atom. The van der Waals surface area contributed by atoms with Gasteiger partial charge in [-0.2, -0.15) is 13.2 Å². The van der Waals surface area contributed by atoms with Gasteiger partial charge in [-0.1, -0.05) is 13.3 Å². The lowest BCUT2D eigenvalue weighted by Crippen LogP contribution is -2.52. The van der Waals surface area contributed by atoms with Gasteiger partial charge in [-0.15, -0.1) is 0 Å². The zero-order valence-electron chi connectivity index (χ0n) is 10.6. The first-order valence-electron chi connectivity index (χ1n) is 5.61. The molecule has 1 rings (SSSR count). The zero-order valence-corrected chi connectivity index (χ0v) is 10.6. The summed E-state index contributed by atoms with van der Waals surface area (Å²) in [7, 11) is 0. The van der Waals surface area contributed by atoms with Crippen LogP contribution in [-0.4, -0.2) is 18.0 Å². The molecule has 19 heavy (non-hydrogen) atoms. The lowest BCUT2D eigenvalue weighted by atomic mass is 9.81. The van der Waals surface area contributed by atoms with Crippen molar-refractivity contribution in [3.63, 3.8) is 0 Å². The first-order chi connectivity index (χ1) is 7.79. The topological polar surface area (TPSA) is 0 Å². The summed E-state index contributed by atoms with van der Waals surface area (Å²) in [6, 6.07) is 0. The Morgan fingerprint density at radius 2 is 1.53 bits per heavy atom. The number of hydrogen-bond donors (Lipinski definition) is 0. The van der Waals surface area contributed by atoms with Gasteiger partial charge >= 0.3 is 6.18 Å². The molecule has 0 heterocycles. The monoisotopic (exact) mass is 300 g/mol. The highest BCUT2D eigenvalue weighted by atomic mass is 19.4. The van der Waals surface area contributed by atoms with Gasteiger partial charge < -0.3 is 0 Å². The van der Waals surface area contributed by atoms with E-state index in [0.29, 0.717) is 6.92 Å². The Kier molecular flexibility index (Phi) is 4.63. The van der Waals surface area contributed by atoms with E-state index in [2.05, 4.69) is 0 Å². The predicted octanol–water partition coefficient (Wildman–Crippen LogP) is 5.04. The number of rotatable bonds is 2. The SMILES string of the molecule is CCC1CC(C)(C(F)(F)F)C(F)(F)C1C(C)(F)F.F. The third kappa shape index (κ3) is 2.54. The molecule has 1 aliphatic rings. The molecule has 0 N–H and O–H groups in total. The van der Waals surface area contributed by atoms with Crippen LogP contribution in [0.5, 0.6) is 0 Å². The van der Waals surface area contributed by atoms with Gasteiger partial charge in [0.05, 0.1) is 5.92 Å². The quantitative estimate of drug-likeness (QED) is 0.626. The molecule has 0 bridgehead atoms. The summed E-state index contributed by atoms with van der Waals surface area (Å²) >= 11 is 0. The molecule has 1 aliphatic carbocycles. The largest absolute Gasteiger partial charge is 0.400 e. The van der Waals surface area contributed by atoms with E-state index in [1.807, 2.05) is 0 Å². The highest BCUT2D eigenvalue weighted by molar-refractivity contribution is 5.10. The summed E-state index contributed by atoms with van der Waals surface area (Å²) in [5, 5.41) is 0. The van der Waals surface area contributed by atoms with Crippen molar-refractivity contribution in [2.45, 2.75) is 51.6 Å².